The van der Waals surface area contributed by atoms with E-state index in [9.17, 15) is 4.79 Å². The first-order valence-corrected chi connectivity index (χ1v) is 10.4. The second-order valence-electron chi connectivity index (χ2n) is 7.07. The molecule has 0 aliphatic heterocycles. The number of carbonyl (C=O) groups excluding carboxylic acids is 1. The summed E-state index contributed by atoms with van der Waals surface area (Å²) in [5.74, 6) is 0.836. The highest BCUT2D eigenvalue weighted by molar-refractivity contribution is 5.91. The number of carbonyl (C=O) groups is 1. The molecule has 0 aliphatic rings. The zero-order valence-electron chi connectivity index (χ0n) is 17.4. The van der Waals surface area contributed by atoms with E-state index in [-0.39, 0.29) is 5.91 Å². The Balaban J connectivity index is 1.66. The van der Waals surface area contributed by atoms with Crippen LogP contribution in [0.25, 0.3) is 6.08 Å². The van der Waals surface area contributed by atoms with Crippen LogP contribution < -0.4 is 4.74 Å². The van der Waals surface area contributed by atoms with Crippen molar-refractivity contribution in [3.63, 3.8) is 0 Å². The van der Waals surface area contributed by atoms with Gasteiger partial charge in [-0.3, -0.25) is 9.78 Å². The predicted octanol–water partition coefficient (Wildman–Crippen LogP) is 5.16. The first-order chi connectivity index (χ1) is 14.7. The van der Waals surface area contributed by atoms with E-state index in [4.69, 9.17) is 4.74 Å². The Bertz CT molecular complexity index is 922. The minimum absolute atomic E-state index is 0.0129. The summed E-state index contributed by atoms with van der Waals surface area (Å²) >= 11 is 0. The van der Waals surface area contributed by atoms with Crippen molar-refractivity contribution in [1.29, 1.82) is 0 Å². The lowest BCUT2D eigenvalue weighted by atomic mass is 10.1. The molecule has 0 unspecified atom stereocenters. The number of amides is 1. The first-order valence-electron chi connectivity index (χ1n) is 10.4. The number of ether oxygens (including phenoxy) is 1. The highest BCUT2D eigenvalue weighted by Gasteiger charge is 2.12. The minimum atomic E-state index is -0.0129. The van der Waals surface area contributed by atoms with Gasteiger partial charge in [-0.15, -0.1) is 0 Å². The van der Waals surface area contributed by atoms with E-state index >= 15 is 0 Å². The van der Waals surface area contributed by atoms with Crippen LogP contribution in [0.5, 0.6) is 5.75 Å². The summed E-state index contributed by atoms with van der Waals surface area (Å²) in [7, 11) is 0. The molecule has 1 aromatic heterocycles. The van der Waals surface area contributed by atoms with Gasteiger partial charge in [0, 0.05) is 37.5 Å². The lowest BCUT2D eigenvalue weighted by Crippen LogP contribution is -2.31. The Labute approximate surface area is 178 Å². The van der Waals surface area contributed by atoms with Crippen LogP contribution in [-0.4, -0.2) is 28.9 Å². The summed E-state index contributed by atoms with van der Waals surface area (Å²) in [4.78, 5) is 19.2. The highest BCUT2D eigenvalue weighted by Crippen LogP contribution is 2.14. The highest BCUT2D eigenvalue weighted by atomic mass is 16.5. The normalized spacial score (nSPS) is 10.8. The van der Waals surface area contributed by atoms with E-state index in [0.29, 0.717) is 19.7 Å². The predicted molar refractivity (Wildman–Crippen MR) is 121 cm³/mol. The number of benzene rings is 2. The fourth-order valence-electron chi connectivity index (χ4n) is 3.03. The Kier molecular flexibility index (Phi) is 8.22. The number of pyridine rings is 1. The van der Waals surface area contributed by atoms with E-state index in [1.165, 1.54) is 0 Å². The minimum Gasteiger partial charge on any atom is -0.494 e. The van der Waals surface area contributed by atoms with E-state index in [1.54, 1.807) is 12.3 Å². The zero-order valence-corrected chi connectivity index (χ0v) is 17.4. The van der Waals surface area contributed by atoms with E-state index < -0.39 is 0 Å². The average molecular weight is 401 g/mol. The standard InChI is InChI=1S/C26H28N2O2/c1-2-20-30-25-14-11-22(12-15-25)13-16-26(29)28(21-23-8-4-3-5-9-23)19-17-24-10-6-7-18-27-24/h3-16,18H,2,17,19-21H2,1H3/b16-13+. The van der Waals surface area contributed by atoms with Crippen molar-refractivity contribution in [2.24, 2.45) is 0 Å². The van der Waals surface area contributed by atoms with Crippen LogP contribution in [0.15, 0.2) is 85.1 Å². The SMILES string of the molecule is CCCOc1ccc(/C=C/C(=O)N(CCc2ccccn2)Cc2ccccc2)cc1. The Morgan fingerprint density at radius 2 is 1.77 bits per heavy atom. The smallest absolute Gasteiger partial charge is 0.246 e. The molecule has 3 aromatic rings. The third kappa shape index (κ3) is 6.89. The maximum absolute atomic E-state index is 12.9. The molecule has 0 aliphatic carbocycles. The number of hydrogen-bond acceptors (Lipinski definition) is 3. The van der Waals surface area contributed by atoms with Crippen molar-refractivity contribution in [1.82, 2.24) is 9.88 Å². The lowest BCUT2D eigenvalue weighted by Gasteiger charge is -2.21. The van der Waals surface area contributed by atoms with Gasteiger partial charge in [0.25, 0.3) is 0 Å². The molecule has 3 rings (SSSR count). The Hall–Kier alpha value is -3.40. The van der Waals surface area contributed by atoms with Gasteiger partial charge >= 0.3 is 0 Å². The van der Waals surface area contributed by atoms with Crippen LogP contribution in [0.4, 0.5) is 0 Å². The molecule has 2 aromatic carbocycles. The summed E-state index contributed by atoms with van der Waals surface area (Å²) in [5.41, 5.74) is 3.06. The van der Waals surface area contributed by atoms with Gasteiger partial charge in [0.1, 0.15) is 5.75 Å². The van der Waals surface area contributed by atoms with Gasteiger partial charge in [0.15, 0.2) is 0 Å². The summed E-state index contributed by atoms with van der Waals surface area (Å²) in [6.45, 7) is 3.97. The summed E-state index contributed by atoms with van der Waals surface area (Å²) in [5, 5.41) is 0. The molecule has 1 amide bonds. The molecule has 0 saturated heterocycles. The molecule has 1 heterocycles. The molecule has 0 fully saturated rings. The molecule has 0 bridgehead atoms. The van der Waals surface area contributed by atoms with Crippen molar-refractivity contribution in [3.8, 4) is 5.75 Å². The van der Waals surface area contributed by atoms with Crippen LogP contribution in [-0.2, 0) is 17.8 Å². The molecule has 30 heavy (non-hydrogen) atoms. The topological polar surface area (TPSA) is 42.4 Å². The van der Waals surface area contributed by atoms with Crippen molar-refractivity contribution >= 4 is 12.0 Å². The first kappa shape index (κ1) is 21.3. The monoisotopic (exact) mass is 400 g/mol. The molecule has 0 N–H and O–H groups in total. The number of nitrogens with zero attached hydrogens (tertiary/aromatic N) is 2. The molecule has 0 atom stereocenters. The van der Waals surface area contributed by atoms with Crippen LogP contribution in [0.1, 0.15) is 30.2 Å². The fourth-order valence-corrected chi connectivity index (χ4v) is 3.03. The Morgan fingerprint density at radius 3 is 2.47 bits per heavy atom. The molecule has 4 heteroatoms. The van der Waals surface area contributed by atoms with Gasteiger partial charge < -0.3 is 9.64 Å². The third-order valence-corrected chi connectivity index (χ3v) is 4.66. The van der Waals surface area contributed by atoms with Gasteiger partial charge in [0.05, 0.1) is 6.61 Å². The molecule has 4 nitrogen and oxygen atoms in total. The van der Waals surface area contributed by atoms with Crippen LogP contribution in [0.2, 0.25) is 0 Å². The summed E-state index contributed by atoms with van der Waals surface area (Å²) < 4.78 is 5.61. The fraction of sp³-hybridized carbons (Fsp3) is 0.231. The average Bonchev–Trinajstić information content (AvgIpc) is 2.81. The maximum Gasteiger partial charge on any atom is 0.246 e. The van der Waals surface area contributed by atoms with Gasteiger partial charge in [0.2, 0.25) is 5.91 Å². The second-order valence-corrected chi connectivity index (χ2v) is 7.07. The molecule has 154 valence electrons. The van der Waals surface area contributed by atoms with Crippen molar-refractivity contribution in [2.75, 3.05) is 13.2 Å². The van der Waals surface area contributed by atoms with Gasteiger partial charge in [-0.2, -0.15) is 0 Å². The van der Waals surface area contributed by atoms with Crippen molar-refractivity contribution in [2.45, 2.75) is 26.3 Å². The van der Waals surface area contributed by atoms with Gasteiger partial charge in [-0.05, 0) is 47.9 Å². The van der Waals surface area contributed by atoms with Gasteiger partial charge in [-0.1, -0.05) is 55.5 Å². The quantitative estimate of drug-likeness (QED) is 0.442. The van der Waals surface area contributed by atoms with Crippen LogP contribution >= 0.6 is 0 Å². The van der Waals surface area contributed by atoms with Crippen LogP contribution in [0, 0.1) is 0 Å². The Morgan fingerprint density at radius 1 is 1.00 bits per heavy atom. The van der Waals surface area contributed by atoms with Crippen molar-refractivity contribution in [3.05, 3.63) is 102 Å². The number of hydrogen-bond donors (Lipinski definition) is 0. The van der Waals surface area contributed by atoms with E-state index in [2.05, 4.69) is 11.9 Å². The summed E-state index contributed by atoms with van der Waals surface area (Å²) in [6, 6.07) is 23.7. The van der Waals surface area contributed by atoms with Gasteiger partial charge in [-0.25, -0.2) is 0 Å². The molecule has 0 saturated carbocycles. The van der Waals surface area contributed by atoms with Crippen LogP contribution in [0.3, 0.4) is 0 Å². The molecular weight excluding hydrogens is 372 g/mol. The zero-order chi connectivity index (χ0) is 21.0. The summed E-state index contributed by atoms with van der Waals surface area (Å²) in [6.07, 6.45) is 6.98. The molecular formula is C26H28N2O2. The molecule has 0 radical (unpaired) electrons. The second kappa shape index (κ2) is 11.6. The largest absolute Gasteiger partial charge is 0.494 e. The third-order valence-electron chi connectivity index (χ3n) is 4.66. The molecule has 0 spiro atoms. The maximum atomic E-state index is 12.9. The lowest BCUT2D eigenvalue weighted by molar-refractivity contribution is -0.126. The van der Waals surface area contributed by atoms with Crippen molar-refractivity contribution < 1.29 is 9.53 Å². The number of rotatable bonds is 10. The number of aromatic nitrogens is 1. The van der Waals surface area contributed by atoms with E-state index in [0.717, 1.165) is 35.4 Å². The van der Waals surface area contributed by atoms with E-state index in [1.807, 2.05) is 83.8 Å².